The Balaban J connectivity index is 3.07. The van der Waals surface area contributed by atoms with E-state index in [1.807, 2.05) is 6.92 Å². The van der Waals surface area contributed by atoms with E-state index >= 15 is 0 Å². The van der Waals surface area contributed by atoms with Gasteiger partial charge in [-0.1, -0.05) is 13.3 Å². The van der Waals surface area contributed by atoms with Crippen LogP contribution in [0.3, 0.4) is 0 Å². The Morgan fingerprint density at radius 1 is 1.21 bits per heavy atom. The monoisotopic (exact) mass is 266 g/mol. The molecule has 0 aliphatic rings. The fraction of sp³-hybridized carbons (Fsp3) is 0.429. The quantitative estimate of drug-likeness (QED) is 0.826. The second-order valence-electron chi connectivity index (χ2n) is 4.48. The molecule has 5 heteroatoms. The van der Waals surface area contributed by atoms with E-state index in [2.05, 4.69) is 0 Å². The molecule has 2 N–H and O–H groups in total. The molecular weight excluding hydrogens is 248 g/mol. The number of aryl methyl sites for hydroxylation is 2. The second-order valence-corrected chi connectivity index (χ2v) is 4.48. The number of carboxylic acids is 2. The maximum absolute atomic E-state index is 11.1. The zero-order valence-corrected chi connectivity index (χ0v) is 11.3. The minimum absolute atomic E-state index is 0.171. The van der Waals surface area contributed by atoms with Crippen molar-refractivity contribution in [3.05, 3.63) is 28.8 Å². The molecule has 1 aromatic carbocycles. The maximum atomic E-state index is 11.1. The van der Waals surface area contributed by atoms with Gasteiger partial charge in [0.25, 0.3) is 0 Å². The van der Waals surface area contributed by atoms with Gasteiger partial charge in [-0.15, -0.1) is 0 Å². The van der Waals surface area contributed by atoms with Crippen molar-refractivity contribution in [3.8, 4) is 5.75 Å². The van der Waals surface area contributed by atoms with Gasteiger partial charge in [0.05, 0.1) is 5.56 Å². The predicted molar refractivity (Wildman–Crippen MR) is 69.8 cm³/mol. The molecule has 0 saturated heterocycles. The topological polar surface area (TPSA) is 83.8 Å². The lowest BCUT2D eigenvalue weighted by Crippen LogP contribution is -2.27. The van der Waals surface area contributed by atoms with Crippen LogP contribution in [0, 0.1) is 13.8 Å². The summed E-state index contributed by atoms with van der Waals surface area (Å²) >= 11 is 0. The fourth-order valence-corrected chi connectivity index (χ4v) is 1.90. The van der Waals surface area contributed by atoms with Crippen molar-refractivity contribution < 1.29 is 24.5 Å². The van der Waals surface area contributed by atoms with Gasteiger partial charge in [0, 0.05) is 0 Å². The highest BCUT2D eigenvalue weighted by molar-refractivity contribution is 5.88. The third kappa shape index (κ3) is 3.71. The zero-order chi connectivity index (χ0) is 14.6. The van der Waals surface area contributed by atoms with Crippen LogP contribution >= 0.6 is 0 Å². The molecule has 0 saturated carbocycles. The summed E-state index contributed by atoms with van der Waals surface area (Å²) in [4.78, 5) is 22.0. The van der Waals surface area contributed by atoms with Gasteiger partial charge in [0.2, 0.25) is 0 Å². The average Bonchev–Trinajstić information content (AvgIpc) is 2.31. The Bertz CT molecular complexity index is 470. The van der Waals surface area contributed by atoms with Crippen molar-refractivity contribution in [2.24, 2.45) is 0 Å². The molecule has 5 nitrogen and oxygen atoms in total. The molecule has 0 radical (unpaired) electrons. The van der Waals surface area contributed by atoms with Crippen LogP contribution in [-0.4, -0.2) is 28.3 Å². The van der Waals surface area contributed by atoms with E-state index in [9.17, 15) is 9.59 Å². The number of ether oxygens (including phenoxy) is 1. The number of aromatic carboxylic acids is 1. The van der Waals surface area contributed by atoms with Crippen molar-refractivity contribution in [1.82, 2.24) is 0 Å². The Morgan fingerprint density at radius 2 is 1.74 bits per heavy atom. The number of aliphatic carboxylic acids is 1. The van der Waals surface area contributed by atoms with Crippen LogP contribution in [0.2, 0.25) is 0 Å². The summed E-state index contributed by atoms with van der Waals surface area (Å²) in [6, 6.07) is 2.96. The molecule has 0 bridgehead atoms. The molecule has 0 heterocycles. The van der Waals surface area contributed by atoms with Gasteiger partial charge >= 0.3 is 11.9 Å². The SMILES string of the molecule is CCCC(Oc1c(C)cc(C(=O)O)cc1C)C(=O)O. The van der Waals surface area contributed by atoms with Crippen molar-refractivity contribution in [2.75, 3.05) is 0 Å². The number of carboxylic acid groups (broad SMARTS) is 2. The van der Waals surface area contributed by atoms with Crippen LogP contribution in [-0.2, 0) is 4.79 Å². The minimum atomic E-state index is -1.01. The van der Waals surface area contributed by atoms with E-state index in [1.54, 1.807) is 13.8 Å². The van der Waals surface area contributed by atoms with E-state index in [1.165, 1.54) is 12.1 Å². The van der Waals surface area contributed by atoms with Crippen LogP contribution in [0.5, 0.6) is 5.75 Å². The fourth-order valence-electron chi connectivity index (χ4n) is 1.90. The molecule has 1 rings (SSSR count). The highest BCUT2D eigenvalue weighted by atomic mass is 16.5. The summed E-state index contributed by atoms with van der Waals surface area (Å²) in [6.07, 6.45) is 0.204. The van der Waals surface area contributed by atoms with Gasteiger partial charge in [0.15, 0.2) is 6.10 Å². The van der Waals surface area contributed by atoms with Crippen LogP contribution in [0.15, 0.2) is 12.1 Å². The smallest absolute Gasteiger partial charge is 0.344 e. The van der Waals surface area contributed by atoms with Crippen LogP contribution in [0.4, 0.5) is 0 Å². The predicted octanol–water partition coefficient (Wildman–Crippen LogP) is 2.63. The van der Waals surface area contributed by atoms with Crippen molar-refractivity contribution in [2.45, 2.75) is 39.7 Å². The number of hydrogen-bond donors (Lipinski definition) is 2. The molecule has 1 aromatic rings. The highest BCUT2D eigenvalue weighted by Gasteiger charge is 2.21. The van der Waals surface area contributed by atoms with E-state index in [-0.39, 0.29) is 5.56 Å². The van der Waals surface area contributed by atoms with Gasteiger partial charge in [-0.2, -0.15) is 0 Å². The second kappa shape index (κ2) is 6.22. The normalized spacial score (nSPS) is 11.9. The molecular formula is C14H18O5. The van der Waals surface area contributed by atoms with Crippen LogP contribution in [0.25, 0.3) is 0 Å². The molecule has 1 unspecified atom stereocenters. The van der Waals surface area contributed by atoms with Crippen molar-refractivity contribution >= 4 is 11.9 Å². The molecule has 0 aromatic heterocycles. The largest absolute Gasteiger partial charge is 0.479 e. The molecule has 19 heavy (non-hydrogen) atoms. The van der Waals surface area contributed by atoms with Gasteiger partial charge in [-0.05, 0) is 43.5 Å². The van der Waals surface area contributed by atoms with Crippen molar-refractivity contribution in [1.29, 1.82) is 0 Å². The van der Waals surface area contributed by atoms with E-state index in [4.69, 9.17) is 14.9 Å². The lowest BCUT2D eigenvalue weighted by molar-refractivity contribution is -0.145. The summed E-state index contributed by atoms with van der Waals surface area (Å²) in [6.45, 7) is 5.30. The number of carbonyl (C=O) groups is 2. The first-order valence-electron chi connectivity index (χ1n) is 6.10. The zero-order valence-electron chi connectivity index (χ0n) is 11.3. The van der Waals surface area contributed by atoms with Gasteiger partial charge < -0.3 is 14.9 Å². The molecule has 104 valence electrons. The maximum Gasteiger partial charge on any atom is 0.344 e. The summed E-state index contributed by atoms with van der Waals surface area (Å²) in [5.74, 6) is -1.57. The lowest BCUT2D eigenvalue weighted by atomic mass is 10.1. The van der Waals surface area contributed by atoms with Crippen LogP contribution in [0.1, 0.15) is 41.3 Å². The summed E-state index contributed by atoms with van der Waals surface area (Å²) in [5, 5.41) is 18.0. The minimum Gasteiger partial charge on any atom is -0.479 e. The van der Waals surface area contributed by atoms with Gasteiger partial charge in [0.1, 0.15) is 5.75 Å². The summed E-state index contributed by atoms with van der Waals surface area (Å²) in [7, 11) is 0. The number of rotatable bonds is 6. The van der Waals surface area contributed by atoms with Crippen LogP contribution < -0.4 is 4.74 Å². The highest BCUT2D eigenvalue weighted by Crippen LogP contribution is 2.26. The molecule has 0 aliphatic carbocycles. The Labute approximate surface area is 111 Å². The number of hydrogen-bond acceptors (Lipinski definition) is 3. The third-order valence-corrected chi connectivity index (χ3v) is 2.79. The van der Waals surface area contributed by atoms with E-state index < -0.39 is 18.0 Å². The first-order chi connectivity index (χ1) is 8.86. The van der Waals surface area contributed by atoms with E-state index in [0.717, 1.165) is 0 Å². The Kier molecular flexibility index (Phi) is 4.92. The molecule has 0 fully saturated rings. The van der Waals surface area contributed by atoms with Crippen molar-refractivity contribution in [3.63, 3.8) is 0 Å². The average molecular weight is 266 g/mol. The van der Waals surface area contributed by atoms with Gasteiger partial charge in [-0.25, -0.2) is 9.59 Å². The lowest BCUT2D eigenvalue weighted by Gasteiger charge is -2.18. The molecule has 0 spiro atoms. The van der Waals surface area contributed by atoms with E-state index in [0.29, 0.717) is 29.7 Å². The summed E-state index contributed by atoms with van der Waals surface area (Å²) in [5.41, 5.74) is 1.42. The molecule has 0 aliphatic heterocycles. The molecule has 1 atom stereocenters. The standard InChI is InChI=1S/C14H18O5/c1-4-5-11(14(17)18)19-12-8(2)6-10(13(15)16)7-9(12)3/h6-7,11H,4-5H2,1-3H3,(H,15,16)(H,17,18). The first kappa shape index (κ1) is 15.0. The summed E-state index contributed by atoms with van der Waals surface area (Å²) < 4.78 is 5.52. The third-order valence-electron chi connectivity index (χ3n) is 2.79. The Morgan fingerprint density at radius 3 is 2.11 bits per heavy atom. The first-order valence-corrected chi connectivity index (χ1v) is 6.10. The number of benzene rings is 1. The molecule has 0 amide bonds. The van der Waals surface area contributed by atoms with Gasteiger partial charge in [-0.3, -0.25) is 0 Å². The Hall–Kier alpha value is -2.04.